The zero-order valence-electron chi connectivity index (χ0n) is 11.9. The van der Waals surface area contributed by atoms with Crippen molar-refractivity contribution in [3.63, 3.8) is 0 Å². The lowest BCUT2D eigenvalue weighted by Gasteiger charge is -2.40. The molecule has 3 unspecified atom stereocenters. The highest BCUT2D eigenvalue weighted by Crippen LogP contribution is 2.43. The molecule has 1 aromatic rings. The SMILES string of the molecule is Cc1occc1SC1CC(C(C)(C)C)CCC1N. The summed E-state index contributed by atoms with van der Waals surface area (Å²) in [7, 11) is 0. The fraction of sp³-hybridized carbons (Fsp3) is 0.733. The lowest BCUT2D eigenvalue weighted by atomic mass is 9.71. The Kier molecular flexibility index (Phi) is 4.12. The molecule has 1 aliphatic carbocycles. The van der Waals surface area contributed by atoms with Crippen LogP contribution in [0, 0.1) is 18.3 Å². The molecular formula is C15H25NOS. The summed E-state index contributed by atoms with van der Waals surface area (Å²) in [6, 6.07) is 2.39. The second-order valence-corrected chi connectivity index (χ2v) is 7.82. The van der Waals surface area contributed by atoms with Crippen LogP contribution >= 0.6 is 11.8 Å². The minimum atomic E-state index is 0.322. The Morgan fingerprint density at radius 1 is 1.33 bits per heavy atom. The average Bonchev–Trinajstić information content (AvgIpc) is 2.66. The van der Waals surface area contributed by atoms with Gasteiger partial charge in [-0.05, 0) is 43.6 Å². The maximum atomic E-state index is 6.30. The first-order valence-corrected chi connectivity index (χ1v) is 7.72. The van der Waals surface area contributed by atoms with Gasteiger partial charge in [0.05, 0.1) is 6.26 Å². The summed E-state index contributed by atoms with van der Waals surface area (Å²) in [5.74, 6) is 1.80. The summed E-state index contributed by atoms with van der Waals surface area (Å²) in [5, 5.41) is 0.527. The molecule has 0 aromatic carbocycles. The van der Waals surface area contributed by atoms with Crippen LogP contribution in [-0.2, 0) is 0 Å². The van der Waals surface area contributed by atoms with Crippen molar-refractivity contribution >= 4 is 11.8 Å². The molecule has 0 saturated heterocycles. The summed E-state index contributed by atoms with van der Waals surface area (Å²) in [4.78, 5) is 1.25. The maximum absolute atomic E-state index is 6.30. The van der Waals surface area contributed by atoms with Crippen molar-refractivity contribution in [2.75, 3.05) is 0 Å². The molecule has 1 aromatic heterocycles. The fourth-order valence-electron chi connectivity index (χ4n) is 2.73. The zero-order chi connectivity index (χ0) is 13.3. The number of furan rings is 1. The number of aryl methyl sites for hydroxylation is 1. The van der Waals surface area contributed by atoms with Gasteiger partial charge in [-0.1, -0.05) is 20.8 Å². The summed E-state index contributed by atoms with van der Waals surface area (Å²) in [6.07, 6.45) is 5.41. The van der Waals surface area contributed by atoms with Crippen molar-refractivity contribution < 1.29 is 4.42 Å². The Hall–Kier alpha value is -0.410. The molecule has 0 spiro atoms. The average molecular weight is 267 g/mol. The highest BCUT2D eigenvalue weighted by Gasteiger charge is 2.35. The highest BCUT2D eigenvalue weighted by atomic mass is 32.2. The number of hydrogen-bond acceptors (Lipinski definition) is 3. The van der Waals surface area contributed by atoms with Gasteiger partial charge in [0.25, 0.3) is 0 Å². The first-order chi connectivity index (χ1) is 8.38. The molecule has 1 fully saturated rings. The normalized spacial score (nSPS) is 29.5. The molecule has 1 saturated carbocycles. The second-order valence-electron chi connectivity index (χ2n) is 6.54. The largest absolute Gasteiger partial charge is 0.468 e. The lowest BCUT2D eigenvalue weighted by Crippen LogP contribution is -2.41. The van der Waals surface area contributed by atoms with Gasteiger partial charge in [0.1, 0.15) is 5.76 Å². The summed E-state index contributed by atoms with van der Waals surface area (Å²) < 4.78 is 5.37. The van der Waals surface area contributed by atoms with E-state index in [1.165, 1.54) is 17.7 Å². The van der Waals surface area contributed by atoms with Crippen molar-refractivity contribution in [1.82, 2.24) is 0 Å². The van der Waals surface area contributed by atoms with Crippen molar-refractivity contribution in [1.29, 1.82) is 0 Å². The molecule has 1 aliphatic rings. The number of rotatable bonds is 2. The smallest absolute Gasteiger partial charge is 0.114 e. The Morgan fingerprint density at radius 3 is 2.61 bits per heavy atom. The van der Waals surface area contributed by atoms with Crippen LogP contribution < -0.4 is 5.73 Å². The third-order valence-corrected chi connectivity index (χ3v) is 5.68. The number of hydrogen-bond donors (Lipinski definition) is 1. The minimum absolute atomic E-state index is 0.322. The van der Waals surface area contributed by atoms with Gasteiger partial charge in [-0.2, -0.15) is 0 Å². The van der Waals surface area contributed by atoms with Crippen molar-refractivity contribution in [3.8, 4) is 0 Å². The maximum Gasteiger partial charge on any atom is 0.114 e. The van der Waals surface area contributed by atoms with Crippen LogP contribution in [0.2, 0.25) is 0 Å². The summed E-state index contributed by atoms with van der Waals surface area (Å²) in [6.45, 7) is 9.07. The van der Waals surface area contributed by atoms with E-state index < -0.39 is 0 Å². The molecule has 0 bridgehead atoms. The molecule has 3 heteroatoms. The molecular weight excluding hydrogens is 242 g/mol. The monoisotopic (exact) mass is 267 g/mol. The molecule has 0 aliphatic heterocycles. The van der Waals surface area contributed by atoms with Gasteiger partial charge in [0, 0.05) is 16.2 Å². The van der Waals surface area contributed by atoms with Crippen LogP contribution in [0.5, 0.6) is 0 Å². The third kappa shape index (κ3) is 3.12. The van der Waals surface area contributed by atoms with Gasteiger partial charge in [0.2, 0.25) is 0 Å². The molecule has 1 heterocycles. The minimum Gasteiger partial charge on any atom is -0.468 e. The van der Waals surface area contributed by atoms with Gasteiger partial charge < -0.3 is 10.2 Å². The second kappa shape index (κ2) is 5.30. The molecule has 3 atom stereocenters. The quantitative estimate of drug-likeness (QED) is 0.872. The van der Waals surface area contributed by atoms with Crippen LogP contribution in [0.15, 0.2) is 21.6 Å². The van der Waals surface area contributed by atoms with E-state index in [1.54, 1.807) is 6.26 Å². The molecule has 102 valence electrons. The van der Waals surface area contributed by atoms with E-state index in [4.69, 9.17) is 10.2 Å². The van der Waals surface area contributed by atoms with Gasteiger partial charge in [-0.25, -0.2) is 0 Å². The van der Waals surface area contributed by atoms with Gasteiger partial charge in [-0.15, -0.1) is 11.8 Å². The van der Waals surface area contributed by atoms with E-state index in [9.17, 15) is 0 Å². The molecule has 2 nitrogen and oxygen atoms in total. The molecule has 0 radical (unpaired) electrons. The van der Waals surface area contributed by atoms with Crippen LogP contribution in [0.25, 0.3) is 0 Å². The first-order valence-electron chi connectivity index (χ1n) is 6.84. The van der Waals surface area contributed by atoms with Crippen molar-refractivity contribution in [2.24, 2.45) is 17.1 Å². The Morgan fingerprint density at radius 2 is 2.06 bits per heavy atom. The van der Waals surface area contributed by atoms with E-state index in [0.29, 0.717) is 16.7 Å². The van der Waals surface area contributed by atoms with E-state index >= 15 is 0 Å². The van der Waals surface area contributed by atoms with Crippen LogP contribution in [0.4, 0.5) is 0 Å². The Labute approximate surface area is 115 Å². The van der Waals surface area contributed by atoms with Crippen molar-refractivity contribution in [3.05, 3.63) is 18.1 Å². The molecule has 0 amide bonds. The predicted octanol–water partition coefficient (Wildman–Crippen LogP) is 4.22. The third-order valence-electron chi connectivity index (χ3n) is 4.16. The van der Waals surface area contributed by atoms with Crippen LogP contribution in [0.3, 0.4) is 0 Å². The zero-order valence-corrected chi connectivity index (χ0v) is 12.7. The van der Waals surface area contributed by atoms with E-state index in [2.05, 4.69) is 26.8 Å². The molecule has 2 N–H and O–H groups in total. The Bertz CT molecular complexity index is 393. The van der Waals surface area contributed by atoms with Crippen LogP contribution in [0.1, 0.15) is 45.8 Å². The number of thioether (sulfide) groups is 1. The molecule has 2 rings (SSSR count). The van der Waals surface area contributed by atoms with Crippen molar-refractivity contribution in [2.45, 2.75) is 63.1 Å². The Balaban J connectivity index is 2.04. The topological polar surface area (TPSA) is 39.2 Å². The predicted molar refractivity (Wildman–Crippen MR) is 77.9 cm³/mol. The first kappa shape index (κ1) is 14.0. The van der Waals surface area contributed by atoms with Gasteiger partial charge >= 0.3 is 0 Å². The van der Waals surface area contributed by atoms with Gasteiger partial charge in [-0.3, -0.25) is 0 Å². The summed E-state index contributed by atoms with van der Waals surface area (Å²) in [5.41, 5.74) is 6.69. The lowest BCUT2D eigenvalue weighted by molar-refractivity contribution is 0.174. The standard InChI is InChI=1S/C15H25NOS/c1-10-13(7-8-17-10)18-14-9-11(15(2,3)4)5-6-12(14)16/h7-8,11-12,14H,5-6,9,16H2,1-4H3. The summed E-state index contributed by atoms with van der Waals surface area (Å²) >= 11 is 1.91. The molecule has 18 heavy (non-hydrogen) atoms. The fourth-order valence-corrected chi connectivity index (χ4v) is 4.05. The van der Waals surface area contributed by atoms with Crippen LogP contribution in [-0.4, -0.2) is 11.3 Å². The van der Waals surface area contributed by atoms with E-state index in [0.717, 1.165) is 18.1 Å². The highest BCUT2D eigenvalue weighted by molar-refractivity contribution is 8.00. The van der Waals surface area contributed by atoms with Gasteiger partial charge in [0.15, 0.2) is 0 Å². The number of nitrogens with two attached hydrogens (primary N) is 1. The van der Waals surface area contributed by atoms with E-state index in [-0.39, 0.29) is 0 Å². The van der Waals surface area contributed by atoms with E-state index in [1.807, 2.05) is 18.7 Å².